The molecule has 0 aromatic rings. The van der Waals surface area contributed by atoms with E-state index in [9.17, 15) is 0 Å². The molecule has 0 bridgehead atoms. The average molecular weight is 200 g/mol. The van der Waals surface area contributed by atoms with Gasteiger partial charge in [-0.05, 0) is 26.3 Å². The average Bonchev–Trinajstić information content (AvgIpc) is 2.13. The zero-order valence-electron chi connectivity index (χ0n) is 9.54. The largest absolute Gasteiger partial charge is 0.383 e. The van der Waals surface area contributed by atoms with Crippen molar-refractivity contribution >= 4 is 0 Å². The first-order valence-corrected chi connectivity index (χ1v) is 5.28. The van der Waals surface area contributed by atoms with Crippen LogP contribution in [0, 0.1) is 0 Å². The predicted octanol–water partition coefficient (Wildman–Crippen LogP) is 1.25. The lowest BCUT2D eigenvalue weighted by Crippen LogP contribution is -2.29. The standard InChI is InChI=1S/C11H24N2O/c1-4-7-13(9-10-14-3)8-5-6-11(2)12/h4,11H,1,5-10,12H2,2-3H3. The lowest BCUT2D eigenvalue weighted by atomic mass is 10.2. The van der Waals surface area contributed by atoms with Gasteiger partial charge in [0.1, 0.15) is 0 Å². The molecule has 0 amide bonds. The zero-order chi connectivity index (χ0) is 10.8. The van der Waals surface area contributed by atoms with Gasteiger partial charge in [-0.2, -0.15) is 0 Å². The van der Waals surface area contributed by atoms with Gasteiger partial charge < -0.3 is 10.5 Å². The minimum Gasteiger partial charge on any atom is -0.383 e. The Bertz CT molecular complexity index is 137. The highest BCUT2D eigenvalue weighted by Gasteiger charge is 2.02. The maximum absolute atomic E-state index is 5.69. The maximum atomic E-state index is 5.69. The van der Waals surface area contributed by atoms with Crippen molar-refractivity contribution in [3.63, 3.8) is 0 Å². The Morgan fingerprint density at radius 2 is 2.21 bits per heavy atom. The van der Waals surface area contributed by atoms with Gasteiger partial charge in [0, 0.05) is 26.2 Å². The molecular weight excluding hydrogens is 176 g/mol. The van der Waals surface area contributed by atoms with E-state index in [4.69, 9.17) is 10.5 Å². The third kappa shape index (κ3) is 8.23. The van der Waals surface area contributed by atoms with Crippen molar-refractivity contribution in [2.24, 2.45) is 5.73 Å². The first kappa shape index (κ1) is 13.6. The Labute approximate surface area is 87.9 Å². The number of nitrogens with two attached hydrogens (primary N) is 1. The summed E-state index contributed by atoms with van der Waals surface area (Å²) in [7, 11) is 1.73. The summed E-state index contributed by atoms with van der Waals surface area (Å²) in [5, 5.41) is 0. The fourth-order valence-corrected chi connectivity index (χ4v) is 1.33. The molecule has 0 radical (unpaired) electrons. The molecule has 0 fully saturated rings. The van der Waals surface area contributed by atoms with Gasteiger partial charge in [-0.15, -0.1) is 6.58 Å². The number of methoxy groups -OCH3 is 1. The van der Waals surface area contributed by atoms with E-state index in [-0.39, 0.29) is 0 Å². The molecule has 0 rings (SSSR count). The van der Waals surface area contributed by atoms with E-state index in [2.05, 4.69) is 11.5 Å². The summed E-state index contributed by atoms with van der Waals surface area (Å²) in [4.78, 5) is 2.33. The fourth-order valence-electron chi connectivity index (χ4n) is 1.33. The summed E-state index contributed by atoms with van der Waals surface area (Å²) >= 11 is 0. The van der Waals surface area contributed by atoms with Crippen LogP contribution in [-0.4, -0.2) is 44.3 Å². The van der Waals surface area contributed by atoms with Gasteiger partial charge in [-0.25, -0.2) is 0 Å². The highest BCUT2D eigenvalue weighted by atomic mass is 16.5. The first-order valence-electron chi connectivity index (χ1n) is 5.28. The third-order valence-electron chi connectivity index (χ3n) is 2.13. The highest BCUT2D eigenvalue weighted by Crippen LogP contribution is 1.98. The van der Waals surface area contributed by atoms with Crippen molar-refractivity contribution < 1.29 is 4.74 Å². The van der Waals surface area contributed by atoms with Gasteiger partial charge in [0.25, 0.3) is 0 Å². The van der Waals surface area contributed by atoms with E-state index in [0.29, 0.717) is 6.04 Å². The summed E-state index contributed by atoms with van der Waals surface area (Å²) in [5.74, 6) is 0. The SMILES string of the molecule is C=CCN(CCCC(C)N)CCOC. The Morgan fingerprint density at radius 1 is 1.50 bits per heavy atom. The zero-order valence-corrected chi connectivity index (χ0v) is 9.54. The normalized spacial score (nSPS) is 13.1. The van der Waals surface area contributed by atoms with Crippen molar-refractivity contribution in [2.45, 2.75) is 25.8 Å². The summed E-state index contributed by atoms with van der Waals surface area (Å²) in [6.45, 7) is 9.56. The molecule has 2 N–H and O–H groups in total. The van der Waals surface area contributed by atoms with Crippen molar-refractivity contribution in [1.29, 1.82) is 0 Å². The van der Waals surface area contributed by atoms with Crippen LogP contribution in [0.4, 0.5) is 0 Å². The van der Waals surface area contributed by atoms with Crippen molar-refractivity contribution in [3.8, 4) is 0 Å². The Balaban J connectivity index is 3.55. The molecule has 0 heterocycles. The monoisotopic (exact) mass is 200 g/mol. The van der Waals surface area contributed by atoms with Gasteiger partial charge in [-0.1, -0.05) is 6.08 Å². The van der Waals surface area contributed by atoms with Crippen molar-refractivity contribution in [1.82, 2.24) is 4.90 Å². The molecule has 14 heavy (non-hydrogen) atoms. The van der Waals surface area contributed by atoms with E-state index in [1.165, 1.54) is 0 Å². The molecule has 0 aromatic carbocycles. The second kappa shape index (κ2) is 9.19. The van der Waals surface area contributed by atoms with Crippen LogP contribution in [0.1, 0.15) is 19.8 Å². The molecule has 0 aliphatic rings. The van der Waals surface area contributed by atoms with E-state index in [0.717, 1.165) is 39.1 Å². The number of hydrogen-bond donors (Lipinski definition) is 1. The molecule has 3 nitrogen and oxygen atoms in total. The van der Waals surface area contributed by atoms with Crippen LogP contribution in [0.15, 0.2) is 12.7 Å². The smallest absolute Gasteiger partial charge is 0.0589 e. The maximum Gasteiger partial charge on any atom is 0.0589 e. The van der Waals surface area contributed by atoms with Crippen LogP contribution in [0.3, 0.4) is 0 Å². The quantitative estimate of drug-likeness (QED) is 0.569. The van der Waals surface area contributed by atoms with E-state index < -0.39 is 0 Å². The number of rotatable bonds is 9. The van der Waals surface area contributed by atoms with Gasteiger partial charge in [-0.3, -0.25) is 4.90 Å². The topological polar surface area (TPSA) is 38.5 Å². The second-order valence-electron chi connectivity index (χ2n) is 3.70. The molecular formula is C11H24N2O. The van der Waals surface area contributed by atoms with E-state index in [1.54, 1.807) is 7.11 Å². The minimum absolute atomic E-state index is 0.308. The van der Waals surface area contributed by atoms with Crippen LogP contribution in [0.2, 0.25) is 0 Å². The lowest BCUT2D eigenvalue weighted by Gasteiger charge is -2.20. The van der Waals surface area contributed by atoms with Crippen LogP contribution in [0.25, 0.3) is 0 Å². The lowest BCUT2D eigenvalue weighted by molar-refractivity contribution is 0.153. The number of hydrogen-bond acceptors (Lipinski definition) is 3. The minimum atomic E-state index is 0.308. The van der Waals surface area contributed by atoms with Gasteiger partial charge in [0.2, 0.25) is 0 Å². The molecule has 0 aliphatic carbocycles. The summed E-state index contributed by atoms with van der Waals surface area (Å²) in [6, 6.07) is 0.308. The molecule has 0 spiro atoms. The Morgan fingerprint density at radius 3 is 2.71 bits per heavy atom. The van der Waals surface area contributed by atoms with E-state index in [1.807, 2.05) is 13.0 Å². The van der Waals surface area contributed by atoms with Gasteiger partial charge in [0.15, 0.2) is 0 Å². The van der Waals surface area contributed by atoms with Crippen LogP contribution >= 0.6 is 0 Å². The Kier molecular flexibility index (Phi) is 8.94. The molecule has 1 unspecified atom stereocenters. The van der Waals surface area contributed by atoms with Crippen molar-refractivity contribution in [2.75, 3.05) is 33.4 Å². The fraction of sp³-hybridized carbons (Fsp3) is 0.818. The first-order chi connectivity index (χ1) is 6.70. The molecule has 84 valence electrons. The Hall–Kier alpha value is -0.380. The van der Waals surface area contributed by atoms with Gasteiger partial charge >= 0.3 is 0 Å². The molecule has 3 heteroatoms. The third-order valence-corrected chi connectivity index (χ3v) is 2.13. The van der Waals surface area contributed by atoms with Gasteiger partial charge in [0.05, 0.1) is 6.61 Å². The van der Waals surface area contributed by atoms with E-state index >= 15 is 0 Å². The van der Waals surface area contributed by atoms with Crippen LogP contribution in [0.5, 0.6) is 0 Å². The summed E-state index contributed by atoms with van der Waals surface area (Å²) in [6.07, 6.45) is 4.16. The number of ether oxygens (including phenoxy) is 1. The molecule has 0 aromatic heterocycles. The second-order valence-corrected chi connectivity index (χ2v) is 3.70. The molecule has 0 aliphatic heterocycles. The highest BCUT2D eigenvalue weighted by molar-refractivity contribution is 4.73. The summed E-state index contributed by atoms with van der Waals surface area (Å²) < 4.78 is 5.05. The molecule has 0 saturated heterocycles. The van der Waals surface area contributed by atoms with Crippen molar-refractivity contribution in [3.05, 3.63) is 12.7 Å². The molecule has 0 saturated carbocycles. The predicted molar refractivity (Wildman–Crippen MR) is 61.4 cm³/mol. The molecule has 1 atom stereocenters. The van der Waals surface area contributed by atoms with Crippen LogP contribution in [-0.2, 0) is 4.74 Å². The van der Waals surface area contributed by atoms with Crippen LogP contribution < -0.4 is 5.73 Å². The summed E-state index contributed by atoms with van der Waals surface area (Å²) in [5.41, 5.74) is 5.69. The number of nitrogens with zero attached hydrogens (tertiary/aromatic N) is 1.